The Labute approximate surface area is 124 Å². The van der Waals surface area contributed by atoms with Gasteiger partial charge in [-0.05, 0) is 25.3 Å². The highest BCUT2D eigenvalue weighted by Gasteiger charge is 2.33. The minimum Gasteiger partial charge on any atom is -0.334 e. The van der Waals surface area contributed by atoms with Crippen molar-refractivity contribution in [2.45, 2.75) is 25.3 Å². The Morgan fingerprint density at radius 1 is 1.38 bits per heavy atom. The lowest BCUT2D eigenvalue weighted by Gasteiger charge is -2.37. The van der Waals surface area contributed by atoms with E-state index in [0.29, 0.717) is 12.1 Å². The Morgan fingerprint density at radius 3 is 2.48 bits per heavy atom. The number of nitro groups is 1. The molecule has 0 aromatic heterocycles. The smallest absolute Gasteiger partial charge is 0.285 e. The highest BCUT2D eigenvalue weighted by Crippen LogP contribution is 2.29. The minimum absolute atomic E-state index is 0.0519. The molecule has 1 aliphatic carbocycles. The average molecular weight is 319 g/mol. The molecular formula is C13H13ClF2N2O3. The summed E-state index contributed by atoms with van der Waals surface area (Å²) < 4.78 is 26.5. The number of alkyl halides is 1. The first kappa shape index (κ1) is 15.6. The fourth-order valence-electron chi connectivity index (χ4n) is 2.25. The molecule has 1 fully saturated rings. The first-order chi connectivity index (χ1) is 9.95. The van der Waals surface area contributed by atoms with Crippen molar-refractivity contribution in [1.82, 2.24) is 4.90 Å². The number of hydrogen-bond donors (Lipinski definition) is 0. The Morgan fingerprint density at radius 2 is 2.00 bits per heavy atom. The number of benzene rings is 1. The maximum Gasteiger partial charge on any atom is 0.285 e. The Bertz CT molecular complexity index is 579. The molecule has 0 radical (unpaired) electrons. The number of carbonyl (C=O) groups excluding carboxylic acids is 1. The van der Waals surface area contributed by atoms with Crippen LogP contribution in [0.5, 0.6) is 0 Å². The van der Waals surface area contributed by atoms with Gasteiger partial charge in [0.1, 0.15) is 5.56 Å². The minimum atomic E-state index is -1.36. The molecule has 0 heterocycles. The zero-order chi connectivity index (χ0) is 15.6. The van der Waals surface area contributed by atoms with Crippen LogP contribution in [0.25, 0.3) is 0 Å². The van der Waals surface area contributed by atoms with E-state index >= 15 is 0 Å². The van der Waals surface area contributed by atoms with Crippen molar-refractivity contribution in [1.29, 1.82) is 0 Å². The lowest BCUT2D eigenvalue weighted by molar-refractivity contribution is -0.385. The van der Waals surface area contributed by atoms with Crippen LogP contribution in [0.15, 0.2) is 12.1 Å². The second-order valence-corrected chi connectivity index (χ2v) is 5.19. The predicted molar refractivity (Wildman–Crippen MR) is 72.4 cm³/mol. The molecule has 0 aliphatic heterocycles. The van der Waals surface area contributed by atoms with E-state index in [4.69, 9.17) is 11.6 Å². The largest absolute Gasteiger partial charge is 0.334 e. The quantitative estimate of drug-likeness (QED) is 0.476. The lowest BCUT2D eigenvalue weighted by atomic mass is 9.91. The van der Waals surface area contributed by atoms with Crippen molar-refractivity contribution < 1.29 is 18.5 Å². The van der Waals surface area contributed by atoms with Gasteiger partial charge in [-0.3, -0.25) is 14.9 Å². The SMILES string of the molecule is O=C(c1cc(F)c(F)cc1[N+](=O)[O-])N(CCCl)C1CCC1. The van der Waals surface area contributed by atoms with E-state index in [1.807, 2.05) is 0 Å². The molecule has 0 unspecified atom stereocenters. The summed E-state index contributed by atoms with van der Waals surface area (Å²) in [7, 11) is 0. The number of rotatable bonds is 5. The van der Waals surface area contributed by atoms with Crippen LogP contribution in [0.3, 0.4) is 0 Å². The topological polar surface area (TPSA) is 63.4 Å². The van der Waals surface area contributed by atoms with E-state index in [0.717, 1.165) is 19.3 Å². The van der Waals surface area contributed by atoms with Gasteiger partial charge in [0.05, 0.1) is 11.0 Å². The van der Waals surface area contributed by atoms with Gasteiger partial charge in [0.15, 0.2) is 11.6 Å². The van der Waals surface area contributed by atoms with E-state index in [9.17, 15) is 23.7 Å². The summed E-state index contributed by atoms with van der Waals surface area (Å²) in [4.78, 5) is 23.9. The summed E-state index contributed by atoms with van der Waals surface area (Å²) in [6.45, 7) is 0.210. The van der Waals surface area contributed by atoms with Crippen molar-refractivity contribution in [3.8, 4) is 0 Å². The van der Waals surface area contributed by atoms with E-state index in [2.05, 4.69) is 0 Å². The molecule has 0 N–H and O–H groups in total. The number of amides is 1. The Hall–Kier alpha value is -1.76. The number of carbonyl (C=O) groups is 1. The normalized spacial score (nSPS) is 14.6. The number of halogens is 3. The first-order valence-electron chi connectivity index (χ1n) is 6.46. The molecule has 1 aromatic rings. The van der Waals surface area contributed by atoms with Crippen molar-refractivity contribution in [3.05, 3.63) is 39.4 Å². The maximum absolute atomic E-state index is 13.3. The fraction of sp³-hybridized carbons (Fsp3) is 0.462. The summed E-state index contributed by atoms with van der Waals surface area (Å²) in [5.41, 5.74) is -1.19. The molecule has 1 saturated carbocycles. The van der Waals surface area contributed by atoms with Gasteiger partial charge in [0.25, 0.3) is 11.6 Å². The maximum atomic E-state index is 13.3. The number of hydrogen-bond acceptors (Lipinski definition) is 3. The van der Waals surface area contributed by atoms with Gasteiger partial charge in [0.2, 0.25) is 0 Å². The molecule has 0 bridgehead atoms. The number of nitro benzene ring substituents is 1. The molecule has 1 aromatic carbocycles. The van der Waals surface area contributed by atoms with E-state index in [1.165, 1.54) is 4.90 Å². The van der Waals surface area contributed by atoms with Gasteiger partial charge in [-0.25, -0.2) is 8.78 Å². The van der Waals surface area contributed by atoms with Gasteiger partial charge in [-0.2, -0.15) is 0 Å². The number of nitrogens with zero attached hydrogens (tertiary/aromatic N) is 2. The second-order valence-electron chi connectivity index (χ2n) is 4.81. The van der Waals surface area contributed by atoms with Crippen LogP contribution in [-0.4, -0.2) is 34.2 Å². The molecule has 8 heteroatoms. The average Bonchev–Trinajstić information content (AvgIpc) is 2.37. The third-order valence-corrected chi connectivity index (χ3v) is 3.74. The predicted octanol–water partition coefficient (Wildman–Crippen LogP) is 3.11. The molecule has 5 nitrogen and oxygen atoms in total. The monoisotopic (exact) mass is 318 g/mol. The first-order valence-corrected chi connectivity index (χ1v) is 6.99. The van der Waals surface area contributed by atoms with Crippen LogP contribution < -0.4 is 0 Å². The molecule has 0 spiro atoms. The molecule has 0 saturated heterocycles. The van der Waals surface area contributed by atoms with Gasteiger partial charge in [0, 0.05) is 18.5 Å². The van der Waals surface area contributed by atoms with Crippen molar-refractivity contribution in [2.75, 3.05) is 12.4 Å². The van der Waals surface area contributed by atoms with Gasteiger partial charge in [-0.1, -0.05) is 0 Å². The highest BCUT2D eigenvalue weighted by atomic mass is 35.5. The van der Waals surface area contributed by atoms with Crippen molar-refractivity contribution >= 4 is 23.2 Å². The molecule has 0 atom stereocenters. The molecule has 1 amide bonds. The van der Waals surface area contributed by atoms with Crippen LogP contribution >= 0.6 is 11.6 Å². The highest BCUT2D eigenvalue weighted by molar-refractivity contribution is 6.18. The zero-order valence-corrected chi connectivity index (χ0v) is 11.8. The summed E-state index contributed by atoms with van der Waals surface area (Å²) in [6, 6.07) is 0.960. The standard InChI is InChI=1S/C13H13ClF2N2O3/c14-4-5-17(8-2-1-3-8)13(19)9-6-10(15)11(16)7-12(9)18(20)21/h6-8H,1-5H2. The van der Waals surface area contributed by atoms with Crippen molar-refractivity contribution in [3.63, 3.8) is 0 Å². The van der Waals surface area contributed by atoms with Crippen LogP contribution in [-0.2, 0) is 0 Å². The molecule has 2 rings (SSSR count). The van der Waals surface area contributed by atoms with E-state index in [-0.39, 0.29) is 18.5 Å². The lowest BCUT2D eigenvalue weighted by Crippen LogP contribution is -2.45. The molecular weight excluding hydrogens is 306 g/mol. The molecule has 21 heavy (non-hydrogen) atoms. The third kappa shape index (κ3) is 3.12. The Balaban J connectivity index is 2.40. The molecule has 114 valence electrons. The van der Waals surface area contributed by atoms with Crippen molar-refractivity contribution in [2.24, 2.45) is 0 Å². The summed E-state index contributed by atoms with van der Waals surface area (Å²) >= 11 is 5.65. The Kier molecular flexibility index (Phi) is 4.72. The van der Waals surface area contributed by atoms with Crippen LogP contribution in [0.2, 0.25) is 0 Å². The summed E-state index contributed by atoms with van der Waals surface area (Å²) in [6.07, 6.45) is 2.51. The van der Waals surface area contributed by atoms with E-state index < -0.39 is 33.7 Å². The van der Waals surface area contributed by atoms with Crippen LogP contribution in [0, 0.1) is 21.7 Å². The van der Waals surface area contributed by atoms with Gasteiger partial charge < -0.3 is 4.90 Å². The third-order valence-electron chi connectivity index (χ3n) is 3.57. The summed E-state index contributed by atoms with van der Waals surface area (Å²) in [5.74, 6) is -3.17. The van der Waals surface area contributed by atoms with Gasteiger partial charge >= 0.3 is 0 Å². The zero-order valence-electron chi connectivity index (χ0n) is 11.0. The van der Waals surface area contributed by atoms with E-state index in [1.54, 1.807) is 0 Å². The van der Waals surface area contributed by atoms with Crippen LogP contribution in [0.4, 0.5) is 14.5 Å². The second kappa shape index (κ2) is 6.34. The fourth-order valence-corrected chi connectivity index (χ4v) is 2.43. The van der Waals surface area contributed by atoms with Gasteiger partial charge in [-0.15, -0.1) is 11.6 Å². The van der Waals surface area contributed by atoms with Crippen LogP contribution in [0.1, 0.15) is 29.6 Å². The molecule has 1 aliphatic rings. The summed E-state index contributed by atoms with van der Waals surface area (Å²) in [5, 5.41) is 10.9.